The largest absolute Gasteiger partial charge is 0.481 e. The summed E-state index contributed by atoms with van der Waals surface area (Å²) in [5.41, 5.74) is 5.45. The molecule has 7 nitrogen and oxygen atoms in total. The van der Waals surface area contributed by atoms with Crippen LogP contribution in [0, 0.1) is 5.92 Å². The molecule has 0 aliphatic carbocycles. The molecule has 0 spiro atoms. The Labute approximate surface area is 112 Å². The SMILES string of the molecule is CC(=O)OC[C@H](CC(C)C)NC(=O)[C@H](N)CC(=O)O. The molecule has 1 amide bonds. The number of esters is 1. The molecule has 0 heterocycles. The van der Waals surface area contributed by atoms with Gasteiger partial charge in [-0.3, -0.25) is 14.4 Å². The molecular formula is C12H22N2O5. The molecule has 0 aromatic rings. The van der Waals surface area contributed by atoms with Crippen LogP contribution in [0.15, 0.2) is 0 Å². The third-order valence-corrected chi connectivity index (χ3v) is 2.32. The molecule has 0 aliphatic rings. The maximum Gasteiger partial charge on any atom is 0.305 e. The van der Waals surface area contributed by atoms with Crippen LogP contribution in [0.1, 0.15) is 33.6 Å². The Balaban J connectivity index is 4.40. The molecular weight excluding hydrogens is 252 g/mol. The quantitative estimate of drug-likeness (QED) is 0.531. The van der Waals surface area contributed by atoms with E-state index in [1.807, 2.05) is 13.8 Å². The maximum absolute atomic E-state index is 11.7. The fraction of sp³-hybridized carbons (Fsp3) is 0.750. The van der Waals surface area contributed by atoms with Gasteiger partial charge in [-0.2, -0.15) is 0 Å². The Hall–Kier alpha value is -1.63. The average Bonchev–Trinajstić information content (AvgIpc) is 2.23. The molecule has 0 fully saturated rings. The summed E-state index contributed by atoms with van der Waals surface area (Å²) in [5, 5.41) is 11.2. The van der Waals surface area contributed by atoms with Crippen molar-refractivity contribution >= 4 is 17.8 Å². The fourth-order valence-corrected chi connectivity index (χ4v) is 1.54. The number of carbonyl (C=O) groups is 3. The standard InChI is InChI=1S/C12H22N2O5/c1-7(2)4-9(6-19-8(3)15)14-12(18)10(13)5-11(16)17/h7,9-10H,4-6,13H2,1-3H3,(H,14,18)(H,16,17)/t9-,10+/m0/s1. The van der Waals surface area contributed by atoms with Crippen LogP contribution in [0.5, 0.6) is 0 Å². The van der Waals surface area contributed by atoms with E-state index < -0.39 is 30.3 Å². The van der Waals surface area contributed by atoms with Crippen molar-refractivity contribution < 1.29 is 24.2 Å². The second kappa shape index (κ2) is 8.47. The minimum Gasteiger partial charge on any atom is -0.481 e. The molecule has 7 heteroatoms. The van der Waals surface area contributed by atoms with Crippen LogP contribution in [-0.2, 0) is 19.1 Å². The van der Waals surface area contributed by atoms with Crippen LogP contribution in [0.3, 0.4) is 0 Å². The first-order chi connectivity index (χ1) is 8.72. The van der Waals surface area contributed by atoms with Gasteiger partial charge in [-0.1, -0.05) is 13.8 Å². The molecule has 0 bridgehead atoms. The molecule has 0 radical (unpaired) electrons. The predicted octanol–water partition coefficient (Wildman–Crippen LogP) is -0.118. The Kier molecular flexibility index (Phi) is 7.74. The van der Waals surface area contributed by atoms with Crippen LogP contribution in [0.25, 0.3) is 0 Å². The molecule has 0 rings (SSSR count). The predicted molar refractivity (Wildman–Crippen MR) is 68.2 cm³/mol. The number of hydrogen-bond acceptors (Lipinski definition) is 5. The van der Waals surface area contributed by atoms with Crippen LogP contribution in [0.4, 0.5) is 0 Å². The first kappa shape index (κ1) is 17.4. The summed E-state index contributed by atoms with van der Waals surface area (Å²) in [4.78, 5) is 32.9. The summed E-state index contributed by atoms with van der Waals surface area (Å²) >= 11 is 0. The summed E-state index contributed by atoms with van der Waals surface area (Å²) in [7, 11) is 0. The number of carbonyl (C=O) groups excluding carboxylic acids is 2. The normalized spacial score (nSPS) is 13.7. The lowest BCUT2D eigenvalue weighted by Gasteiger charge is -2.21. The number of hydrogen-bond donors (Lipinski definition) is 3. The topological polar surface area (TPSA) is 119 Å². The smallest absolute Gasteiger partial charge is 0.305 e. The van der Waals surface area contributed by atoms with Crippen molar-refractivity contribution in [2.24, 2.45) is 11.7 Å². The fourth-order valence-electron chi connectivity index (χ4n) is 1.54. The van der Waals surface area contributed by atoms with E-state index in [2.05, 4.69) is 5.32 Å². The van der Waals surface area contributed by atoms with Crippen LogP contribution in [-0.4, -0.2) is 41.6 Å². The minimum atomic E-state index is -1.14. The lowest BCUT2D eigenvalue weighted by molar-refractivity contribution is -0.142. The van der Waals surface area contributed by atoms with Crippen molar-refractivity contribution in [2.45, 2.75) is 45.7 Å². The molecule has 110 valence electrons. The van der Waals surface area contributed by atoms with E-state index in [1.54, 1.807) is 0 Å². The number of carboxylic acid groups (broad SMARTS) is 1. The molecule has 0 aromatic carbocycles. The molecule has 0 aliphatic heterocycles. The maximum atomic E-state index is 11.7. The summed E-state index contributed by atoms with van der Waals surface area (Å²) in [6.07, 6.45) is 0.173. The zero-order chi connectivity index (χ0) is 15.0. The molecule has 0 saturated heterocycles. The van der Waals surface area contributed by atoms with Crippen molar-refractivity contribution in [1.82, 2.24) is 5.32 Å². The zero-order valence-corrected chi connectivity index (χ0v) is 11.5. The number of amides is 1. The van der Waals surface area contributed by atoms with Gasteiger partial charge in [-0.25, -0.2) is 0 Å². The Morgan fingerprint density at radius 3 is 2.32 bits per heavy atom. The van der Waals surface area contributed by atoms with Crippen molar-refractivity contribution in [1.29, 1.82) is 0 Å². The summed E-state index contributed by atoms with van der Waals surface area (Å²) in [6, 6.07) is -1.47. The number of aliphatic carboxylic acids is 1. The van der Waals surface area contributed by atoms with Gasteiger partial charge in [0.1, 0.15) is 6.61 Å². The number of carboxylic acids is 1. The van der Waals surface area contributed by atoms with Gasteiger partial charge in [0, 0.05) is 6.92 Å². The van der Waals surface area contributed by atoms with Crippen molar-refractivity contribution in [2.75, 3.05) is 6.61 Å². The molecule has 0 aromatic heterocycles. The van der Waals surface area contributed by atoms with Crippen molar-refractivity contribution in [3.63, 3.8) is 0 Å². The highest BCUT2D eigenvalue weighted by Gasteiger charge is 2.21. The molecule has 4 N–H and O–H groups in total. The molecule has 0 saturated carbocycles. The van der Waals surface area contributed by atoms with Gasteiger partial charge in [0.25, 0.3) is 0 Å². The van der Waals surface area contributed by atoms with Gasteiger partial charge in [0.05, 0.1) is 18.5 Å². The van der Waals surface area contributed by atoms with E-state index in [-0.39, 0.29) is 18.6 Å². The van der Waals surface area contributed by atoms with Gasteiger partial charge >= 0.3 is 11.9 Å². The zero-order valence-electron chi connectivity index (χ0n) is 11.5. The van der Waals surface area contributed by atoms with Crippen LogP contribution in [0.2, 0.25) is 0 Å². The Morgan fingerprint density at radius 1 is 1.32 bits per heavy atom. The van der Waals surface area contributed by atoms with Crippen molar-refractivity contribution in [3.8, 4) is 0 Å². The average molecular weight is 274 g/mol. The highest BCUT2D eigenvalue weighted by atomic mass is 16.5. The van der Waals surface area contributed by atoms with Crippen LogP contribution >= 0.6 is 0 Å². The van der Waals surface area contributed by atoms with E-state index in [4.69, 9.17) is 15.6 Å². The Morgan fingerprint density at radius 2 is 1.89 bits per heavy atom. The Bertz CT molecular complexity index is 330. The summed E-state index contributed by atoms with van der Waals surface area (Å²) in [5.74, 6) is -1.84. The van der Waals surface area contributed by atoms with E-state index in [9.17, 15) is 14.4 Å². The third-order valence-electron chi connectivity index (χ3n) is 2.32. The van der Waals surface area contributed by atoms with E-state index in [1.165, 1.54) is 6.92 Å². The number of nitrogens with two attached hydrogens (primary N) is 1. The van der Waals surface area contributed by atoms with E-state index in [0.29, 0.717) is 6.42 Å². The number of rotatable bonds is 8. The lowest BCUT2D eigenvalue weighted by Crippen LogP contribution is -2.48. The number of ether oxygens (including phenoxy) is 1. The second-order valence-corrected chi connectivity index (χ2v) is 4.84. The first-order valence-electron chi connectivity index (χ1n) is 6.13. The summed E-state index contributed by atoms with van der Waals surface area (Å²) in [6.45, 7) is 5.26. The molecule has 19 heavy (non-hydrogen) atoms. The van der Waals surface area contributed by atoms with Gasteiger partial charge in [-0.15, -0.1) is 0 Å². The van der Waals surface area contributed by atoms with E-state index >= 15 is 0 Å². The molecule has 0 unspecified atom stereocenters. The monoisotopic (exact) mass is 274 g/mol. The summed E-state index contributed by atoms with van der Waals surface area (Å²) < 4.78 is 4.86. The van der Waals surface area contributed by atoms with Gasteiger partial charge in [0.15, 0.2) is 0 Å². The van der Waals surface area contributed by atoms with Crippen LogP contribution < -0.4 is 11.1 Å². The van der Waals surface area contributed by atoms with Gasteiger partial charge < -0.3 is 20.9 Å². The first-order valence-corrected chi connectivity index (χ1v) is 6.13. The van der Waals surface area contributed by atoms with Crippen molar-refractivity contribution in [3.05, 3.63) is 0 Å². The lowest BCUT2D eigenvalue weighted by atomic mass is 10.0. The highest BCUT2D eigenvalue weighted by molar-refractivity contribution is 5.86. The van der Waals surface area contributed by atoms with E-state index in [0.717, 1.165) is 0 Å². The third kappa shape index (κ3) is 9.01. The van der Waals surface area contributed by atoms with Gasteiger partial charge in [-0.05, 0) is 12.3 Å². The second-order valence-electron chi connectivity index (χ2n) is 4.84. The number of nitrogens with one attached hydrogen (secondary N) is 1. The minimum absolute atomic E-state index is 0.0546. The highest BCUT2D eigenvalue weighted by Crippen LogP contribution is 2.06. The molecule has 2 atom stereocenters. The van der Waals surface area contributed by atoms with Gasteiger partial charge in [0.2, 0.25) is 5.91 Å².